The molecular weight excluding hydrogens is 805 g/mol. The largest absolute Gasteiger partial charge is 0.462 e. The molecule has 0 amide bonds. The van der Waals surface area contributed by atoms with E-state index in [-0.39, 0.29) is 31.1 Å². The van der Waals surface area contributed by atoms with Crippen LogP contribution in [0.15, 0.2) is 60.8 Å². The number of esters is 3. The molecule has 0 saturated carbocycles. The molecule has 0 aromatic heterocycles. The Morgan fingerprint density at radius 3 is 0.908 bits per heavy atom. The Bertz CT molecular complexity index is 1130. The number of unbranched alkanes of at least 4 members (excludes halogenated alkanes) is 29. The highest BCUT2D eigenvalue weighted by Gasteiger charge is 2.19. The fraction of sp³-hybridized carbons (Fsp3) is 0.780. The van der Waals surface area contributed by atoms with Gasteiger partial charge in [0.15, 0.2) is 6.10 Å². The quantitative estimate of drug-likeness (QED) is 0.0262. The van der Waals surface area contributed by atoms with Crippen LogP contribution in [0.5, 0.6) is 0 Å². The van der Waals surface area contributed by atoms with Gasteiger partial charge in [0.2, 0.25) is 0 Å². The third kappa shape index (κ3) is 51.9. The standard InChI is InChI=1S/C59H104O6/c1-4-7-10-13-16-19-22-25-28-29-32-35-38-41-44-47-50-53-59(62)65-56(54-63-57(60)51-48-45-42-39-36-33-30-26-23-20-17-14-11-8-5-2)55-64-58(61)52-49-46-43-40-37-34-31-27-24-21-18-15-12-9-6-3/h16,19-21,23-25,28,32,35,56H,4-15,17-18,22,26-27,29-31,33-34,36-55H2,1-3H3/b19-16-,23-20-,24-21-,28-25-,35-32-. The fourth-order valence-electron chi connectivity index (χ4n) is 7.73. The second-order valence-electron chi connectivity index (χ2n) is 18.5. The molecule has 0 saturated heterocycles. The summed E-state index contributed by atoms with van der Waals surface area (Å²) in [5, 5.41) is 0. The average Bonchev–Trinajstić information content (AvgIpc) is 3.30. The van der Waals surface area contributed by atoms with Crippen LogP contribution in [0.3, 0.4) is 0 Å². The van der Waals surface area contributed by atoms with E-state index in [4.69, 9.17) is 14.2 Å². The highest BCUT2D eigenvalue weighted by atomic mass is 16.6. The summed E-state index contributed by atoms with van der Waals surface area (Å²) < 4.78 is 16.8. The molecule has 0 atom stereocenters. The van der Waals surface area contributed by atoms with Gasteiger partial charge in [-0.2, -0.15) is 0 Å². The minimum absolute atomic E-state index is 0.0862. The molecule has 6 heteroatoms. The minimum Gasteiger partial charge on any atom is -0.462 e. The molecule has 0 heterocycles. The Balaban J connectivity index is 4.43. The number of carbonyl (C=O) groups excluding carboxylic acids is 3. The summed E-state index contributed by atoms with van der Waals surface area (Å²) in [5.41, 5.74) is 0. The molecule has 0 bridgehead atoms. The maximum absolute atomic E-state index is 12.8. The molecule has 0 aliphatic rings. The number of carbonyl (C=O) groups is 3. The molecule has 0 aromatic carbocycles. The Morgan fingerprint density at radius 1 is 0.308 bits per heavy atom. The number of hydrogen-bond donors (Lipinski definition) is 0. The SMILES string of the molecule is CCCCC/C=C\C/C=C\C/C=C\CCCCCCC(=O)OC(COC(=O)CCCCCCCCC/C=C\CCCCCC)COC(=O)CCCCCCCCC/C=C\CCCCCC. The maximum atomic E-state index is 12.8. The Kier molecular flexibility index (Phi) is 51.3. The number of ether oxygens (including phenoxy) is 3. The molecular formula is C59H104O6. The van der Waals surface area contributed by atoms with Crippen molar-refractivity contribution in [2.24, 2.45) is 0 Å². The van der Waals surface area contributed by atoms with Crippen LogP contribution in [0.4, 0.5) is 0 Å². The smallest absolute Gasteiger partial charge is 0.306 e. The second kappa shape index (κ2) is 53.7. The summed E-state index contributed by atoms with van der Waals surface area (Å²) in [5.74, 6) is -0.909. The van der Waals surface area contributed by atoms with Crippen molar-refractivity contribution in [3.8, 4) is 0 Å². The highest BCUT2D eigenvalue weighted by molar-refractivity contribution is 5.71. The Morgan fingerprint density at radius 2 is 0.554 bits per heavy atom. The molecule has 0 N–H and O–H groups in total. The lowest BCUT2D eigenvalue weighted by Gasteiger charge is -2.18. The van der Waals surface area contributed by atoms with E-state index in [0.29, 0.717) is 19.3 Å². The number of hydrogen-bond acceptors (Lipinski definition) is 6. The monoisotopic (exact) mass is 909 g/mol. The summed E-state index contributed by atoms with van der Waals surface area (Å²) in [7, 11) is 0. The zero-order valence-corrected chi connectivity index (χ0v) is 43.0. The first-order valence-electron chi connectivity index (χ1n) is 27.8. The number of allylic oxidation sites excluding steroid dienone is 10. The van der Waals surface area contributed by atoms with Gasteiger partial charge >= 0.3 is 17.9 Å². The van der Waals surface area contributed by atoms with Crippen LogP contribution in [0.25, 0.3) is 0 Å². The zero-order valence-electron chi connectivity index (χ0n) is 43.0. The van der Waals surface area contributed by atoms with E-state index < -0.39 is 6.10 Å². The van der Waals surface area contributed by atoms with E-state index in [1.807, 2.05) is 0 Å². The van der Waals surface area contributed by atoms with Gasteiger partial charge in [-0.05, 0) is 109 Å². The van der Waals surface area contributed by atoms with Crippen LogP contribution in [-0.4, -0.2) is 37.2 Å². The minimum atomic E-state index is -0.789. The van der Waals surface area contributed by atoms with Gasteiger partial charge in [-0.1, -0.05) is 210 Å². The summed E-state index contributed by atoms with van der Waals surface area (Å²) in [6.07, 6.45) is 66.3. The highest BCUT2D eigenvalue weighted by Crippen LogP contribution is 2.14. The maximum Gasteiger partial charge on any atom is 0.306 e. The third-order valence-corrected chi connectivity index (χ3v) is 12.0. The van der Waals surface area contributed by atoms with Crippen LogP contribution in [0, 0.1) is 0 Å². The molecule has 0 aliphatic heterocycles. The molecule has 376 valence electrons. The van der Waals surface area contributed by atoms with Crippen molar-refractivity contribution >= 4 is 17.9 Å². The predicted molar refractivity (Wildman–Crippen MR) is 279 cm³/mol. The van der Waals surface area contributed by atoms with E-state index in [1.54, 1.807) is 0 Å². The van der Waals surface area contributed by atoms with E-state index in [1.165, 1.54) is 154 Å². The molecule has 65 heavy (non-hydrogen) atoms. The van der Waals surface area contributed by atoms with Gasteiger partial charge < -0.3 is 14.2 Å². The summed E-state index contributed by atoms with van der Waals surface area (Å²) in [6.45, 7) is 6.58. The summed E-state index contributed by atoms with van der Waals surface area (Å²) >= 11 is 0. The van der Waals surface area contributed by atoms with Crippen molar-refractivity contribution in [2.45, 2.75) is 284 Å². The Hall–Kier alpha value is -2.89. The molecule has 0 radical (unpaired) electrons. The molecule has 6 nitrogen and oxygen atoms in total. The average molecular weight is 909 g/mol. The second-order valence-corrected chi connectivity index (χ2v) is 18.5. The van der Waals surface area contributed by atoms with E-state index in [9.17, 15) is 14.4 Å². The summed E-state index contributed by atoms with van der Waals surface area (Å²) in [6, 6.07) is 0. The molecule has 0 fully saturated rings. The van der Waals surface area contributed by atoms with E-state index in [0.717, 1.165) is 83.5 Å². The van der Waals surface area contributed by atoms with Crippen molar-refractivity contribution < 1.29 is 28.6 Å². The van der Waals surface area contributed by atoms with Gasteiger partial charge in [0.1, 0.15) is 13.2 Å². The van der Waals surface area contributed by atoms with Crippen molar-refractivity contribution in [1.29, 1.82) is 0 Å². The van der Waals surface area contributed by atoms with Crippen molar-refractivity contribution in [3.05, 3.63) is 60.8 Å². The van der Waals surface area contributed by atoms with Gasteiger partial charge in [-0.25, -0.2) is 0 Å². The topological polar surface area (TPSA) is 78.9 Å². The molecule has 0 aliphatic carbocycles. The van der Waals surface area contributed by atoms with Gasteiger partial charge in [0, 0.05) is 19.3 Å². The first-order valence-corrected chi connectivity index (χ1v) is 27.8. The van der Waals surface area contributed by atoms with Gasteiger partial charge in [-0.3, -0.25) is 14.4 Å². The van der Waals surface area contributed by atoms with Crippen LogP contribution >= 0.6 is 0 Å². The lowest BCUT2D eigenvalue weighted by Crippen LogP contribution is -2.30. The first kappa shape index (κ1) is 62.1. The lowest BCUT2D eigenvalue weighted by atomic mass is 10.1. The zero-order chi connectivity index (χ0) is 47.2. The molecule has 0 unspecified atom stereocenters. The van der Waals surface area contributed by atoms with Gasteiger partial charge in [-0.15, -0.1) is 0 Å². The van der Waals surface area contributed by atoms with Crippen molar-refractivity contribution in [3.63, 3.8) is 0 Å². The fourth-order valence-corrected chi connectivity index (χ4v) is 7.73. The first-order chi connectivity index (χ1) is 32.0. The summed E-state index contributed by atoms with van der Waals surface area (Å²) in [4.78, 5) is 38.1. The van der Waals surface area contributed by atoms with E-state index in [2.05, 4.69) is 81.5 Å². The molecule has 0 spiro atoms. The van der Waals surface area contributed by atoms with Gasteiger partial charge in [0.25, 0.3) is 0 Å². The number of rotatable bonds is 50. The predicted octanol–water partition coefficient (Wildman–Crippen LogP) is 18.4. The Labute approximate surface area is 402 Å². The van der Waals surface area contributed by atoms with Crippen LogP contribution in [0.2, 0.25) is 0 Å². The third-order valence-electron chi connectivity index (χ3n) is 12.0. The molecule has 0 aromatic rings. The normalized spacial score (nSPS) is 12.1. The van der Waals surface area contributed by atoms with Crippen LogP contribution in [-0.2, 0) is 28.6 Å². The van der Waals surface area contributed by atoms with Crippen LogP contribution in [0.1, 0.15) is 278 Å². The molecule has 0 rings (SSSR count). The van der Waals surface area contributed by atoms with Gasteiger partial charge in [0.05, 0.1) is 0 Å². The van der Waals surface area contributed by atoms with Crippen molar-refractivity contribution in [2.75, 3.05) is 13.2 Å². The van der Waals surface area contributed by atoms with Crippen LogP contribution < -0.4 is 0 Å². The lowest BCUT2D eigenvalue weighted by molar-refractivity contribution is -0.167. The van der Waals surface area contributed by atoms with Crippen molar-refractivity contribution in [1.82, 2.24) is 0 Å². The van der Waals surface area contributed by atoms with E-state index >= 15 is 0 Å².